The molecule has 33 heavy (non-hydrogen) atoms. The SMILES string of the molecule is CCCCCCc1c(Cc2ccccc2)cc(C(C)(C)C)c(CCCCC)c1CCC(C)C. The molecule has 184 valence electrons. The molecule has 0 saturated carbocycles. The van der Waals surface area contributed by atoms with Gasteiger partial charge in [-0.2, -0.15) is 0 Å². The number of hydrogen-bond donors (Lipinski definition) is 0. The van der Waals surface area contributed by atoms with E-state index >= 15 is 0 Å². The number of unbranched alkanes of at least 4 members (excludes halogenated alkanes) is 5. The average molecular weight is 449 g/mol. The van der Waals surface area contributed by atoms with E-state index in [-0.39, 0.29) is 5.41 Å². The zero-order valence-electron chi connectivity index (χ0n) is 23.0. The van der Waals surface area contributed by atoms with Crippen molar-refractivity contribution in [2.75, 3.05) is 0 Å². The predicted octanol–water partition coefficient (Wildman–Crippen LogP) is 10.0. The van der Waals surface area contributed by atoms with Gasteiger partial charge < -0.3 is 0 Å². The van der Waals surface area contributed by atoms with Gasteiger partial charge in [-0.15, -0.1) is 0 Å². The van der Waals surface area contributed by atoms with E-state index in [9.17, 15) is 0 Å². The summed E-state index contributed by atoms with van der Waals surface area (Å²) in [6.45, 7) is 16.7. The molecule has 2 aromatic rings. The molecule has 2 rings (SSSR count). The molecule has 0 radical (unpaired) electrons. The highest BCUT2D eigenvalue weighted by Crippen LogP contribution is 2.36. The Balaban J connectivity index is 2.63. The zero-order chi connectivity index (χ0) is 24.3. The maximum absolute atomic E-state index is 2.63. The minimum absolute atomic E-state index is 0.181. The minimum atomic E-state index is 0.181. The first-order valence-corrected chi connectivity index (χ1v) is 14.0. The molecule has 0 aliphatic rings. The third-order valence-electron chi connectivity index (χ3n) is 7.09. The molecule has 0 bridgehead atoms. The van der Waals surface area contributed by atoms with Crippen LogP contribution in [-0.4, -0.2) is 0 Å². The van der Waals surface area contributed by atoms with Crippen molar-refractivity contribution < 1.29 is 0 Å². The Labute approximate surface area is 206 Å². The van der Waals surface area contributed by atoms with Crippen LogP contribution in [0.15, 0.2) is 36.4 Å². The number of hydrogen-bond acceptors (Lipinski definition) is 0. The fraction of sp³-hybridized carbons (Fsp3) is 0.636. The average Bonchev–Trinajstić information content (AvgIpc) is 2.76. The maximum Gasteiger partial charge on any atom is -0.00228 e. The summed E-state index contributed by atoms with van der Waals surface area (Å²) in [6, 6.07) is 13.8. The van der Waals surface area contributed by atoms with Crippen LogP contribution in [0.25, 0.3) is 0 Å². The van der Waals surface area contributed by atoms with Gasteiger partial charge in [-0.3, -0.25) is 0 Å². The Bertz CT molecular complexity index is 804. The zero-order valence-corrected chi connectivity index (χ0v) is 23.0. The van der Waals surface area contributed by atoms with Gasteiger partial charge in [-0.1, -0.05) is 117 Å². The molecule has 0 aromatic heterocycles. The highest BCUT2D eigenvalue weighted by Gasteiger charge is 2.24. The molecule has 0 unspecified atom stereocenters. The summed E-state index contributed by atoms with van der Waals surface area (Å²) in [4.78, 5) is 0. The van der Waals surface area contributed by atoms with Crippen molar-refractivity contribution in [3.05, 3.63) is 69.8 Å². The molecule has 0 saturated heterocycles. The Morgan fingerprint density at radius 2 is 1.30 bits per heavy atom. The molecular formula is C33H52. The lowest BCUT2D eigenvalue weighted by Gasteiger charge is -2.30. The molecule has 0 heterocycles. The van der Waals surface area contributed by atoms with Crippen molar-refractivity contribution in [2.45, 2.75) is 131 Å². The molecule has 0 N–H and O–H groups in total. The predicted molar refractivity (Wildman–Crippen MR) is 149 cm³/mol. The van der Waals surface area contributed by atoms with Gasteiger partial charge in [0.05, 0.1) is 0 Å². The molecule has 0 aliphatic carbocycles. The van der Waals surface area contributed by atoms with E-state index in [4.69, 9.17) is 0 Å². The Morgan fingerprint density at radius 1 is 0.697 bits per heavy atom. The summed E-state index contributed by atoms with van der Waals surface area (Å²) in [5.74, 6) is 0.747. The van der Waals surface area contributed by atoms with Gasteiger partial charge >= 0.3 is 0 Å². The van der Waals surface area contributed by atoms with Crippen molar-refractivity contribution in [2.24, 2.45) is 5.92 Å². The fourth-order valence-corrected chi connectivity index (χ4v) is 5.14. The first-order chi connectivity index (χ1) is 15.8. The maximum atomic E-state index is 2.63. The van der Waals surface area contributed by atoms with E-state index < -0.39 is 0 Å². The van der Waals surface area contributed by atoms with E-state index in [1.165, 1.54) is 76.2 Å². The smallest absolute Gasteiger partial charge is 0.00228 e. The second kappa shape index (κ2) is 14.0. The number of benzene rings is 2. The molecule has 0 amide bonds. The third-order valence-corrected chi connectivity index (χ3v) is 7.09. The molecular weight excluding hydrogens is 396 g/mol. The quantitative estimate of drug-likeness (QED) is 0.252. The van der Waals surface area contributed by atoms with Gasteiger partial charge in [0.1, 0.15) is 0 Å². The molecule has 0 nitrogen and oxygen atoms in total. The normalized spacial score (nSPS) is 12.0. The van der Waals surface area contributed by atoms with E-state index in [1.54, 1.807) is 27.8 Å². The van der Waals surface area contributed by atoms with Crippen molar-refractivity contribution in [1.29, 1.82) is 0 Å². The second-order valence-electron chi connectivity index (χ2n) is 11.6. The Hall–Kier alpha value is -1.56. The minimum Gasteiger partial charge on any atom is -0.0654 e. The van der Waals surface area contributed by atoms with Crippen LogP contribution in [0, 0.1) is 5.92 Å². The monoisotopic (exact) mass is 448 g/mol. The van der Waals surface area contributed by atoms with Gasteiger partial charge in [-0.25, -0.2) is 0 Å². The van der Waals surface area contributed by atoms with E-state index in [0.717, 1.165) is 12.3 Å². The van der Waals surface area contributed by atoms with E-state index in [2.05, 4.69) is 84.9 Å². The second-order valence-corrected chi connectivity index (χ2v) is 11.6. The first-order valence-electron chi connectivity index (χ1n) is 14.0. The highest BCUT2D eigenvalue weighted by molar-refractivity contribution is 5.50. The molecule has 0 heteroatoms. The van der Waals surface area contributed by atoms with Gasteiger partial charge in [0.15, 0.2) is 0 Å². The van der Waals surface area contributed by atoms with Crippen LogP contribution in [0.4, 0.5) is 0 Å². The lowest BCUT2D eigenvalue weighted by Crippen LogP contribution is -2.19. The molecule has 0 aliphatic heterocycles. The topological polar surface area (TPSA) is 0 Å². The van der Waals surface area contributed by atoms with Crippen LogP contribution < -0.4 is 0 Å². The Kier molecular flexibility index (Phi) is 11.7. The molecule has 2 aromatic carbocycles. The fourth-order valence-electron chi connectivity index (χ4n) is 5.14. The van der Waals surface area contributed by atoms with Crippen molar-refractivity contribution in [3.63, 3.8) is 0 Å². The van der Waals surface area contributed by atoms with E-state index in [0.29, 0.717) is 0 Å². The first kappa shape index (κ1) is 27.7. The van der Waals surface area contributed by atoms with Crippen molar-refractivity contribution in [3.8, 4) is 0 Å². The standard InChI is InChI=1S/C33H52/c1-8-10-12-17-20-29-28(24-27-18-15-13-16-19-27)25-32(33(5,6)7)31(21-14-11-9-2)30(29)23-22-26(3)4/h13,15-16,18-19,25-26H,8-12,14,17,20-24H2,1-7H3. The van der Waals surface area contributed by atoms with Gasteiger partial charge in [0.2, 0.25) is 0 Å². The highest BCUT2D eigenvalue weighted by atomic mass is 14.3. The molecule has 0 spiro atoms. The lowest BCUT2D eigenvalue weighted by molar-refractivity contribution is 0.559. The van der Waals surface area contributed by atoms with Crippen molar-refractivity contribution in [1.82, 2.24) is 0 Å². The summed E-state index contributed by atoms with van der Waals surface area (Å²) >= 11 is 0. The molecule has 0 fully saturated rings. The third kappa shape index (κ3) is 8.95. The van der Waals surface area contributed by atoms with Crippen LogP contribution in [0.3, 0.4) is 0 Å². The largest absolute Gasteiger partial charge is 0.0654 e. The van der Waals surface area contributed by atoms with Gasteiger partial charge in [0, 0.05) is 0 Å². The van der Waals surface area contributed by atoms with Crippen LogP contribution in [0.2, 0.25) is 0 Å². The summed E-state index contributed by atoms with van der Waals surface area (Å²) < 4.78 is 0. The van der Waals surface area contributed by atoms with Crippen LogP contribution in [0.5, 0.6) is 0 Å². The van der Waals surface area contributed by atoms with Crippen LogP contribution in [0.1, 0.15) is 133 Å². The van der Waals surface area contributed by atoms with Gasteiger partial charge in [0.25, 0.3) is 0 Å². The van der Waals surface area contributed by atoms with E-state index in [1.807, 2.05) is 0 Å². The summed E-state index contributed by atoms with van der Waals surface area (Å²) in [6.07, 6.45) is 15.4. The molecule has 0 atom stereocenters. The summed E-state index contributed by atoms with van der Waals surface area (Å²) in [5.41, 5.74) is 9.98. The lowest BCUT2D eigenvalue weighted by atomic mass is 9.75. The van der Waals surface area contributed by atoms with Crippen molar-refractivity contribution >= 4 is 0 Å². The van der Waals surface area contributed by atoms with Crippen LogP contribution in [-0.2, 0) is 31.1 Å². The van der Waals surface area contributed by atoms with Gasteiger partial charge in [-0.05, 0) is 89.7 Å². The Morgan fingerprint density at radius 3 is 1.91 bits per heavy atom. The van der Waals surface area contributed by atoms with Crippen LogP contribution >= 0.6 is 0 Å². The summed E-state index contributed by atoms with van der Waals surface area (Å²) in [7, 11) is 0. The summed E-state index contributed by atoms with van der Waals surface area (Å²) in [5, 5.41) is 0. The number of rotatable bonds is 14.